The van der Waals surface area contributed by atoms with Crippen molar-refractivity contribution in [2.75, 3.05) is 0 Å². The van der Waals surface area contributed by atoms with E-state index in [1.54, 1.807) is 12.4 Å². The number of nitrogens with zero attached hydrogens (tertiary/aromatic N) is 3. The van der Waals surface area contributed by atoms with E-state index in [4.69, 9.17) is 23.2 Å². The lowest BCUT2D eigenvalue weighted by Crippen LogP contribution is -2.24. The van der Waals surface area contributed by atoms with Crippen molar-refractivity contribution < 1.29 is 0 Å². The van der Waals surface area contributed by atoms with Gasteiger partial charge >= 0.3 is 0 Å². The van der Waals surface area contributed by atoms with Gasteiger partial charge < -0.3 is 9.88 Å². The van der Waals surface area contributed by atoms with Crippen LogP contribution in [0.2, 0.25) is 10.0 Å². The Kier molecular flexibility index (Phi) is 4.45. The van der Waals surface area contributed by atoms with Crippen molar-refractivity contribution >= 4 is 23.2 Å². The lowest BCUT2D eigenvalue weighted by molar-refractivity contribution is 0.466. The Bertz CT molecular complexity index is 568. The Morgan fingerprint density at radius 1 is 1.21 bits per heavy atom. The minimum absolute atomic E-state index is 0.0780. The summed E-state index contributed by atoms with van der Waals surface area (Å²) in [7, 11) is 1.92. The molecule has 1 N–H and O–H groups in total. The number of benzene rings is 1. The van der Waals surface area contributed by atoms with Gasteiger partial charge in [0.05, 0.1) is 6.04 Å². The standard InChI is InChI=1S/C13H16Cl2N4/c1-8(11-5-4-10(14)6-12(11)15)17-9(2)13-18-16-7-19(13)3/h4-9,17H,1-3H3. The summed E-state index contributed by atoms with van der Waals surface area (Å²) in [4.78, 5) is 0. The van der Waals surface area contributed by atoms with E-state index in [1.165, 1.54) is 0 Å². The van der Waals surface area contributed by atoms with Crippen molar-refractivity contribution in [1.29, 1.82) is 0 Å². The second-order valence-electron chi connectivity index (χ2n) is 4.58. The van der Waals surface area contributed by atoms with Crippen LogP contribution in [-0.2, 0) is 7.05 Å². The lowest BCUT2D eigenvalue weighted by Gasteiger charge is -2.20. The number of nitrogens with one attached hydrogen (secondary N) is 1. The third-order valence-corrected chi connectivity index (χ3v) is 3.63. The molecular formula is C13H16Cl2N4. The largest absolute Gasteiger partial charge is 0.319 e. The number of hydrogen-bond acceptors (Lipinski definition) is 3. The van der Waals surface area contributed by atoms with Gasteiger partial charge in [-0.2, -0.15) is 0 Å². The molecule has 2 atom stereocenters. The smallest absolute Gasteiger partial charge is 0.149 e. The lowest BCUT2D eigenvalue weighted by atomic mass is 10.1. The second kappa shape index (κ2) is 5.90. The molecule has 0 fully saturated rings. The molecule has 0 bridgehead atoms. The van der Waals surface area contributed by atoms with Crippen molar-refractivity contribution in [3.8, 4) is 0 Å². The fraction of sp³-hybridized carbons (Fsp3) is 0.385. The highest BCUT2D eigenvalue weighted by Crippen LogP contribution is 2.27. The zero-order chi connectivity index (χ0) is 14.0. The van der Waals surface area contributed by atoms with E-state index in [0.717, 1.165) is 11.4 Å². The first-order valence-corrected chi connectivity index (χ1v) is 6.79. The molecule has 102 valence electrons. The van der Waals surface area contributed by atoms with Crippen molar-refractivity contribution in [2.24, 2.45) is 7.05 Å². The van der Waals surface area contributed by atoms with Gasteiger partial charge in [0, 0.05) is 23.1 Å². The van der Waals surface area contributed by atoms with Gasteiger partial charge in [-0.15, -0.1) is 10.2 Å². The Morgan fingerprint density at radius 2 is 1.95 bits per heavy atom. The molecule has 4 nitrogen and oxygen atoms in total. The predicted molar refractivity (Wildman–Crippen MR) is 77.4 cm³/mol. The quantitative estimate of drug-likeness (QED) is 0.939. The summed E-state index contributed by atoms with van der Waals surface area (Å²) in [6.45, 7) is 4.10. The monoisotopic (exact) mass is 298 g/mol. The third-order valence-electron chi connectivity index (χ3n) is 3.06. The Morgan fingerprint density at radius 3 is 2.53 bits per heavy atom. The minimum atomic E-state index is 0.0780. The van der Waals surface area contributed by atoms with E-state index in [0.29, 0.717) is 10.0 Å². The van der Waals surface area contributed by atoms with E-state index in [9.17, 15) is 0 Å². The first-order chi connectivity index (χ1) is 8.99. The number of aryl methyl sites for hydroxylation is 1. The van der Waals surface area contributed by atoms with Crippen molar-refractivity contribution in [3.05, 3.63) is 46.0 Å². The summed E-state index contributed by atoms with van der Waals surface area (Å²) >= 11 is 12.1. The average molecular weight is 299 g/mol. The highest BCUT2D eigenvalue weighted by atomic mass is 35.5. The number of halogens is 2. The Hall–Kier alpha value is -1.10. The van der Waals surface area contributed by atoms with Crippen LogP contribution in [0.3, 0.4) is 0 Å². The molecule has 0 aliphatic heterocycles. The van der Waals surface area contributed by atoms with Gasteiger partial charge in [-0.3, -0.25) is 0 Å². The summed E-state index contributed by atoms with van der Waals surface area (Å²) in [5.41, 5.74) is 1.01. The van der Waals surface area contributed by atoms with E-state index in [2.05, 4.69) is 22.4 Å². The highest BCUT2D eigenvalue weighted by Gasteiger charge is 2.16. The summed E-state index contributed by atoms with van der Waals surface area (Å²) in [5.74, 6) is 0.886. The molecule has 0 spiro atoms. The third kappa shape index (κ3) is 3.26. The fourth-order valence-electron chi connectivity index (χ4n) is 2.08. The molecule has 2 unspecified atom stereocenters. The molecule has 0 saturated carbocycles. The highest BCUT2D eigenvalue weighted by molar-refractivity contribution is 6.35. The molecule has 0 aliphatic rings. The zero-order valence-electron chi connectivity index (χ0n) is 11.1. The maximum Gasteiger partial charge on any atom is 0.149 e. The molecule has 19 heavy (non-hydrogen) atoms. The van der Waals surface area contributed by atoms with Gasteiger partial charge in [-0.1, -0.05) is 29.3 Å². The predicted octanol–water partition coefficient (Wildman–Crippen LogP) is 3.53. The summed E-state index contributed by atoms with van der Waals surface area (Å²) < 4.78 is 1.90. The molecule has 1 heterocycles. The van der Waals surface area contributed by atoms with Gasteiger partial charge in [0.15, 0.2) is 0 Å². The van der Waals surface area contributed by atoms with E-state index in [1.807, 2.05) is 30.7 Å². The summed E-state index contributed by atoms with van der Waals surface area (Å²) in [6.07, 6.45) is 1.69. The van der Waals surface area contributed by atoms with E-state index in [-0.39, 0.29) is 12.1 Å². The zero-order valence-corrected chi connectivity index (χ0v) is 12.6. The van der Waals surface area contributed by atoms with Gasteiger partial charge in [-0.05, 0) is 31.5 Å². The molecule has 2 aromatic rings. The average Bonchev–Trinajstić information content (AvgIpc) is 2.75. The van der Waals surface area contributed by atoms with Crippen LogP contribution in [0.15, 0.2) is 24.5 Å². The van der Waals surface area contributed by atoms with Gasteiger partial charge in [0.2, 0.25) is 0 Å². The molecule has 0 amide bonds. The molecule has 1 aromatic heterocycles. The molecule has 6 heteroatoms. The number of rotatable bonds is 4. The van der Waals surface area contributed by atoms with Crippen molar-refractivity contribution in [1.82, 2.24) is 20.1 Å². The molecule has 2 rings (SSSR count). The van der Waals surface area contributed by atoms with Crippen LogP contribution >= 0.6 is 23.2 Å². The fourth-order valence-corrected chi connectivity index (χ4v) is 2.65. The van der Waals surface area contributed by atoms with Crippen molar-refractivity contribution in [3.63, 3.8) is 0 Å². The van der Waals surface area contributed by atoms with E-state index < -0.39 is 0 Å². The molecule has 0 saturated heterocycles. The minimum Gasteiger partial charge on any atom is -0.319 e. The van der Waals surface area contributed by atoms with E-state index >= 15 is 0 Å². The molecule has 0 aliphatic carbocycles. The second-order valence-corrected chi connectivity index (χ2v) is 5.42. The van der Waals surface area contributed by atoms with Crippen LogP contribution < -0.4 is 5.32 Å². The summed E-state index contributed by atoms with van der Waals surface area (Å²) in [6, 6.07) is 5.70. The number of hydrogen-bond donors (Lipinski definition) is 1. The van der Waals surface area contributed by atoms with Crippen LogP contribution in [-0.4, -0.2) is 14.8 Å². The first kappa shape index (κ1) is 14.3. The Labute approximate surface area is 122 Å². The van der Waals surface area contributed by atoms with Gasteiger partial charge in [-0.25, -0.2) is 0 Å². The maximum atomic E-state index is 6.21. The topological polar surface area (TPSA) is 42.7 Å². The van der Waals surface area contributed by atoms with Crippen molar-refractivity contribution in [2.45, 2.75) is 25.9 Å². The van der Waals surface area contributed by atoms with Gasteiger partial charge in [0.1, 0.15) is 12.2 Å². The maximum absolute atomic E-state index is 6.21. The Balaban J connectivity index is 2.13. The van der Waals surface area contributed by atoms with Gasteiger partial charge in [0.25, 0.3) is 0 Å². The van der Waals surface area contributed by atoms with Crippen LogP contribution in [0.25, 0.3) is 0 Å². The summed E-state index contributed by atoms with van der Waals surface area (Å²) in [5, 5.41) is 12.7. The van der Waals surface area contributed by atoms with Crippen LogP contribution in [0.4, 0.5) is 0 Å². The van der Waals surface area contributed by atoms with Crippen LogP contribution in [0, 0.1) is 0 Å². The first-order valence-electron chi connectivity index (χ1n) is 6.04. The SMILES string of the molecule is CC(NC(C)c1nncn1C)c1ccc(Cl)cc1Cl. The van der Waals surface area contributed by atoms with Crippen LogP contribution in [0.1, 0.15) is 37.3 Å². The number of aromatic nitrogens is 3. The normalized spacial score (nSPS) is 14.4. The van der Waals surface area contributed by atoms with Crippen LogP contribution in [0.5, 0.6) is 0 Å². The molecule has 0 radical (unpaired) electrons. The molecular weight excluding hydrogens is 283 g/mol. The molecule has 1 aromatic carbocycles.